The highest BCUT2D eigenvalue weighted by Crippen LogP contribution is 2.25. The number of carbonyl (C=O) groups is 1. The van der Waals surface area contributed by atoms with Crippen molar-refractivity contribution in [1.82, 2.24) is 0 Å². The second-order valence-corrected chi connectivity index (χ2v) is 6.71. The quantitative estimate of drug-likeness (QED) is 0.569. The number of unbranched alkanes of at least 4 members (excludes halogenated alkanes) is 1. The lowest BCUT2D eigenvalue weighted by Gasteiger charge is -2.13. The highest BCUT2D eigenvalue weighted by molar-refractivity contribution is 6.05. The molecule has 2 aromatic carbocycles. The molecule has 0 unspecified atom stereocenters. The summed E-state index contributed by atoms with van der Waals surface area (Å²) in [5.74, 6) is 1.82. The Hall–Kier alpha value is -2.49. The Morgan fingerprint density at radius 3 is 2.62 bits per heavy atom. The molecule has 0 saturated carbocycles. The second kappa shape index (κ2) is 10.5. The minimum absolute atomic E-state index is 0.175. The highest BCUT2D eigenvalue weighted by Gasteiger charge is 2.11. The maximum absolute atomic E-state index is 12.6. The van der Waals surface area contributed by atoms with Crippen molar-refractivity contribution >= 4 is 11.6 Å². The molecule has 0 aliphatic carbocycles. The second-order valence-electron chi connectivity index (χ2n) is 6.71. The third-order valence-corrected chi connectivity index (χ3v) is 3.95. The summed E-state index contributed by atoms with van der Waals surface area (Å²) in [4.78, 5) is 12.6. The van der Waals surface area contributed by atoms with E-state index in [1.54, 1.807) is 12.1 Å². The molecule has 140 valence electrons. The van der Waals surface area contributed by atoms with Gasteiger partial charge in [-0.25, -0.2) is 0 Å². The van der Waals surface area contributed by atoms with Crippen LogP contribution < -0.4 is 14.8 Å². The first-order valence-corrected chi connectivity index (χ1v) is 9.36. The summed E-state index contributed by atoms with van der Waals surface area (Å²) in [6.07, 6.45) is 3.04. The van der Waals surface area contributed by atoms with Crippen molar-refractivity contribution in [3.05, 3.63) is 54.1 Å². The topological polar surface area (TPSA) is 47.6 Å². The van der Waals surface area contributed by atoms with Crippen LogP contribution in [-0.2, 0) is 0 Å². The van der Waals surface area contributed by atoms with Crippen molar-refractivity contribution in [3.63, 3.8) is 0 Å². The van der Waals surface area contributed by atoms with Crippen LogP contribution in [0.1, 0.15) is 50.4 Å². The lowest BCUT2D eigenvalue weighted by molar-refractivity contribution is 0.102. The molecular weight excluding hydrogens is 326 g/mol. The first-order chi connectivity index (χ1) is 12.6. The summed E-state index contributed by atoms with van der Waals surface area (Å²) in [7, 11) is 0. The lowest BCUT2D eigenvalue weighted by atomic mass is 10.1. The van der Waals surface area contributed by atoms with Crippen LogP contribution in [0.3, 0.4) is 0 Å². The van der Waals surface area contributed by atoms with Gasteiger partial charge in [-0.15, -0.1) is 0 Å². The van der Waals surface area contributed by atoms with Gasteiger partial charge in [-0.1, -0.05) is 45.4 Å². The number of para-hydroxylation sites is 2. The molecule has 0 atom stereocenters. The van der Waals surface area contributed by atoms with Gasteiger partial charge >= 0.3 is 0 Å². The Kier molecular flexibility index (Phi) is 8.00. The number of nitrogens with one attached hydrogen (secondary N) is 1. The van der Waals surface area contributed by atoms with Crippen molar-refractivity contribution in [3.8, 4) is 11.5 Å². The predicted molar refractivity (Wildman–Crippen MR) is 106 cm³/mol. The number of ether oxygens (including phenoxy) is 2. The Morgan fingerprint density at radius 1 is 1.04 bits per heavy atom. The van der Waals surface area contributed by atoms with Crippen LogP contribution in [0.5, 0.6) is 11.5 Å². The van der Waals surface area contributed by atoms with Crippen LogP contribution in [0.4, 0.5) is 5.69 Å². The van der Waals surface area contributed by atoms with Gasteiger partial charge < -0.3 is 14.8 Å². The maximum atomic E-state index is 12.6. The smallest absolute Gasteiger partial charge is 0.255 e. The molecule has 0 bridgehead atoms. The molecular formula is C22H29NO3. The van der Waals surface area contributed by atoms with Gasteiger partial charge in [-0.2, -0.15) is 0 Å². The van der Waals surface area contributed by atoms with Gasteiger partial charge in [-0.05, 0) is 49.1 Å². The fourth-order valence-corrected chi connectivity index (χ4v) is 2.36. The fourth-order valence-electron chi connectivity index (χ4n) is 2.36. The first-order valence-electron chi connectivity index (χ1n) is 9.36. The average Bonchev–Trinajstić information content (AvgIpc) is 2.63. The molecule has 2 aromatic rings. The summed E-state index contributed by atoms with van der Waals surface area (Å²) in [6, 6.07) is 14.8. The Labute approximate surface area is 156 Å². The number of hydrogen-bond donors (Lipinski definition) is 1. The molecule has 0 spiro atoms. The molecule has 0 radical (unpaired) electrons. The van der Waals surface area contributed by atoms with E-state index in [9.17, 15) is 4.79 Å². The summed E-state index contributed by atoms with van der Waals surface area (Å²) < 4.78 is 11.5. The van der Waals surface area contributed by atoms with Gasteiger partial charge in [-0.3, -0.25) is 4.79 Å². The van der Waals surface area contributed by atoms with Crippen LogP contribution in [-0.4, -0.2) is 19.1 Å². The third-order valence-electron chi connectivity index (χ3n) is 3.95. The molecule has 1 amide bonds. The molecule has 0 aliphatic rings. The van der Waals surface area contributed by atoms with E-state index < -0.39 is 0 Å². The van der Waals surface area contributed by atoms with E-state index in [1.165, 1.54) is 0 Å². The molecule has 0 aliphatic heterocycles. The number of hydrogen-bond acceptors (Lipinski definition) is 3. The number of benzene rings is 2. The van der Waals surface area contributed by atoms with Gasteiger partial charge in [0.25, 0.3) is 5.91 Å². The zero-order chi connectivity index (χ0) is 18.8. The minimum Gasteiger partial charge on any atom is -0.494 e. The Morgan fingerprint density at radius 2 is 1.85 bits per heavy atom. The van der Waals surface area contributed by atoms with E-state index in [-0.39, 0.29) is 5.91 Å². The van der Waals surface area contributed by atoms with Gasteiger partial charge in [0.05, 0.1) is 18.9 Å². The Balaban J connectivity index is 2.01. The molecule has 0 fully saturated rings. The van der Waals surface area contributed by atoms with Crippen LogP contribution in [0.2, 0.25) is 0 Å². The molecule has 26 heavy (non-hydrogen) atoms. The van der Waals surface area contributed by atoms with Crippen LogP contribution in [0.15, 0.2) is 48.5 Å². The first kappa shape index (κ1) is 19.8. The van der Waals surface area contributed by atoms with Crippen molar-refractivity contribution in [2.45, 2.75) is 40.0 Å². The van der Waals surface area contributed by atoms with Crippen LogP contribution in [0, 0.1) is 5.92 Å². The van der Waals surface area contributed by atoms with Crippen LogP contribution >= 0.6 is 0 Å². The average molecular weight is 355 g/mol. The van der Waals surface area contributed by atoms with E-state index in [0.717, 1.165) is 19.3 Å². The molecule has 0 heterocycles. The van der Waals surface area contributed by atoms with Crippen molar-refractivity contribution < 1.29 is 14.3 Å². The van der Waals surface area contributed by atoms with Crippen molar-refractivity contribution in [1.29, 1.82) is 0 Å². The van der Waals surface area contributed by atoms with Gasteiger partial charge in [0, 0.05) is 5.56 Å². The Bertz CT molecular complexity index is 697. The molecule has 2 rings (SSSR count). The lowest BCUT2D eigenvalue weighted by Crippen LogP contribution is -2.13. The third kappa shape index (κ3) is 6.43. The van der Waals surface area contributed by atoms with Crippen molar-refractivity contribution in [2.24, 2.45) is 5.92 Å². The monoisotopic (exact) mass is 355 g/mol. The van der Waals surface area contributed by atoms with Crippen LogP contribution in [0.25, 0.3) is 0 Å². The number of carbonyl (C=O) groups excluding carboxylic acids is 1. The van der Waals surface area contributed by atoms with E-state index in [2.05, 4.69) is 26.1 Å². The summed E-state index contributed by atoms with van der Waals surface area (Å²) >= 11 is 0. The molecule has 4 nitrogen and oxygen atoms in total. The largest absolute Gasteiger partial charge is 0.494 e. The fraction of sp³-hybridized carbons (Fsp3) is 0.409. The predicted octanol–water partition coefficient (Wildman–Crippen LogP) is 5.54. The number of amides is 1. The van der Waals surface area contributed by atoms with Crippen molar-refractivity contribution in [2.75, 3.05) is 18.5 Å². The molecule has 4 heteroatoms. The summed E-state index contributed by atoms with van der Waals surface area (Å²) in [5.41, 5.74) is 1.25. The zero-order valence-corrected chi connectivity index (χ0v) is 16.0. The molecule has 1 N–H and O–H groups in total. The highest BCUT2D eigenvalue weighted by atomic mass is 16.5. The minimum atomic E-state index is -0.175. The SMILES string of the molecule is CCCCOc1ccccc1NC(=O)c1cccc(OCCC(C)C)c1. The van der Waals surface area contributed by atoms with Gasteiger partial charge in [0.1, 0.15) is 11.5 Å². The molecule has 0 aromatic heterocycles. The number of anilines is 1. The zero-order valence-electron chi connectivity index (χ0n) is 16.0. The molecule has 0 saturated heterocycles. The summed E-state index contributed by atoms with van der Waals surface area (Å²) in [5, 5.41) is 2.94. The standard InChI is InChI=1S/C22H29NO3/c1-4-5-14-26-21-12-7-6-11-20(21)23-22(24)18-9-8-10-19(16-18)25-15-13-17(2)3/h6-12,16-17H,4-5,13-15H2,1-3H3,(H,23,24). The van der Waals surface area contributed by atoms with E-state index in [4.69, 9.17) is 9.47 Å². The van der Waals surface area contributed by atoms with E-state index in [1.807, 2.05) is 36.4 Å². The van der Waals surface area contributed by atoms with E-state index in [0.29, 0.717) is 41.9 Å². The number of rotatable bonds is 10. The summed E-state index contributed by atoms with van der Waals surface area (Å²) in [6.45, 7) is 7.73. The maximum Gasteiger partial charge on any atom is 0.255 e. The van der Waals surface area contributed by atoms with E-state index >= 15 is 0 Å². The van der Waals surface area contributed by atoms with Gasteiger partial charge in [0.15, 0.2) is 0 Å². The normalized spacial score (nSPS) is 10.6. The van der Waals surface area contributed by atoms with Gasteiger partial charge in [0.2, 0.25) is 0 Å².